The summed E-state index contributed by atoms with van der Waals surface area (Å²) in [4.78, 5) is 25.8. The van der Waals surface area contributed by atoms with Gasteiger partial charge in [0, 0.05) is 13.1 Å². The van der Waals surface area contributed by atoms with Crippen LogP contribution in [0.3, 0.4) is 0 Å². The zero-order chi connectivity index (χ0) is 23.2. The number of fused-ring (bicyclic) bond motifs is 2. The van der Waals surface area contributed by atoms with Gasteiger partial charge in [-0.25, -0.2) is 9.37 Å². The molecule has 2 aliphatic rings. The summed E-state index contributed by atoms with van der Waals surface area (Å²) >= 11 is 1.47. The molecule has 2 aromatic heterocycles. The van der Waals surface area contributed by atoms with Crippen LogP contribution in [0, 0.1) is 24.6 Å². The van der Waals surface area contributed by atoms with E-state index in [-0.39, 0.29) is 17.8 Å². The van der Waals surface area contributed by atoms with E-state index in [1.54, 1.807) is 12.1 Å². The molecule has 174 valence electrons. The van der Waals surface area contributed by atoms with E-state index in [0.717, 1.165) is 45.9 Å². The molecule has 1 N–H and O–H groups in total. The van der Waals surface area contributed by atoms with Gasteiger partial charge in [0.25, 0.3) is 11.9 Å². The Bertz CT molecular complexity index is 1320. The molecule has 0 radical (unpaired) electrons. The van der Waals surface area contributed by atoms with Crippen molar-refractivity contribution in [2.75, 3.05) is 18.4 Å². The van der Waals surface area contributed by atoms with Gasteiger partial charge in [0.05, 0.1) is 15.9 Å². The molecular weight excluding hydrogens is 451 g/mol. The molecule has 2 fully saturated rings. The largest absolute Gasteiger partial charge is 0.424 e. The highest BCUT2D eigenvalue weighted by molar-refractivity contribution is 7.15. The first-order chi connectivity index (χ1) is 16.6. The summed E-state index contributed by atoms with van der Waals surface area (Å²) in [7, 11) is 0. The summed E-state index contributed by atoms with van der Waals surface area (Å²) in [5.41, 5.74) is 2.83. The summed E-state index contributed by atoms with van der Waals surface area (Å²) in [6, 6.07) is 14.5. The standard InChI is InChI=1S/C26H25FN4O2S/c1-15-29-23(24(34-15)16-9-11-18(27)12-10-16)25(32)31-14-17-5-4-6-19(17)21(31)13-28-26-30-20-7-2-3-8-22(20)33-26/h2-3,7-12,17,19,21H,4-6,13-14H2,1H3,(H,28,30)/t17?,19-,21?/m1/s1. The number of rotatable bonds is 5. The molecule has 3 heterocycles. The van der Waals surface area contributed by atoms with Crippen molar-refractivity contribution < 1.29 is 13.6 Å². The fraction of sp³-hybridized carbons (Fsp3) is 0.346. The number of aryl methyl sites for hydroxylation is 1. The molecule has 1 amide bonds. The number of likely N-dealkylation sites (tertiary alicyclic amines) is 1. The lowest BCUT2D eigenvalue weighted by molar-refractivity contribution is 0.0717. The van der Waals surface area contributed by atoms with Crippen molar-refractivity contribution in [3.8, 4) is 10.4 Å². The summed E-state index contributed by atoms with van der Waals surface area (Å²) in [5.74, 6) is 0.612. The Morgan fingerprint density at radius 2 is 2.00 bits per heavy atom. The minimum absolute atomic E-state index is 0.0399. The number of amides is 1. The van der Waals surface area contributed by atoms with Crippen molar-refractivity contribution in [1.82, 2.24) is 14.9 Å². The molecule has 6 nitrogen and oxygen atoms in total. The van der Waals surface area contributed by atoms with Crippen LogP contribution in [0.2, 0.25) is 0 Å². The van der Waals surface area contributed by atoms with Gasteiger partial charge < -0.3 is 14.6 Å². The van der Waals surface area contributed by atoms with E-state index in [1.807, 2.05) is 36.1 Å². The number of hydrogen-bond acceptors (Lipinski definition) is 6. The van der Waals surface area contributed by atoms with Gasteiger partial charge in [0.15, 0.2) is 5.58 Å². The van der Waals surface area contributed by atoms with Crippen LogP contribution in [0.4, 0.5) is 10.4 Å². The second-order valence-electron chi connectivity index (χ2n) is 9.16. The van der Waals surface area contributed by atoms with Gasteiger partial charge in [-0.1, -0.05) is 30.7 Å². The van der Waals surface area contributed by atoms with Crippen molar-refractivity contribution in [2.45, 2.75) is 32.2 Å². The molecule has 1 aliphatic heterocycles. The topological polar surface area (TPSA) is 71.3 Å². The number of hydrogen-bond donors (Lipinski definition) is 1. The Hall–Kier alpha value is -3.26. The van der Waals surface area contributed by atoms with E-state index in [4.69, 9.17) is 4.42 Å². The maximum Gasteiger partial charge on any atom is 0.295 e. The smallest absolute Gasteiger partial charge is 0.295 e. The molecule has 1 saturated heterocycles. The van der Waals surface area contributed by atoms with E-state index in [9.17, 15) is 9.18 Å². The SMILES string of the molecule is Cc1nc(C(=O)N2CC3CCC[C@H]3C2CNc2nc3ccccc3o2)c(-c2ccc(F)cc2)s1. The molecule has 1 saturated carbocycles. The lowest BCUT2D eigenvalue weighted by atomic mass is 9.94. The highest BCUT2D eigenvalue weighted by atomic mass is 32.1. The number of halogens is 1. The van der Waals surface area contributed by atoms with Crippen LogP contribution in [0.5, 0.6) is 0 Å². The maximum atomic E-state index is 13.8. The summed E-state index contributed by atoms with van der Waals surface area (Å²) in [5, 5.41) is 4.17. The van der Waals surface area contributed by atoms with Crippen LogP contribution in [0.25, 0.3) is 21.5 Å². The van der Waals surface area contributed by atoms with Gasteiger partial charge in [-0.3, -0.25) is 4.79 Å². The van der Waals surface area contributed by atoms with Crippen molar-refractivity contribution in [3.63, 3.8) is 0 Å². The fourth-order valence-corrected chi connectivity index (χ4v) is 6.47. The van der Waals surface area contributed by atoms with E-state index in [2.05, 4.69) is 15.3 Å². The third-order valence-corrected chi connectivity index (χ3v) is 8.12. The number of anilines is 1. The lowest BCUT2D eigenvalue weighted by Crippen LogP contribution is -2.42. The molecule has 4 aromatic rings. The third-order valence-electron chi connectivity index (χ3n) is 7.10. The maximum absolute atomic E-state index is 13.8. The Labute approximate surface area is 200 Å². The van der Waals surface area contributed by atoms with Crippen molar-refractivity contribution in [1.29, 1.82) is 0 Å². The van der Waals surface area contributed by atoms with Crippen molar-refractivity contribution >= 4 is 34.4 Å². The van der Waals surface area contributed by atoms with Gasteiger partial charge >= 0.3 is 0 Å². The zero-order valence-corrected chi connectivity index (χ0v) is 19.6. The Morgan fingerprint density at radius 1 is 1.18 bits per heavy atom. The van der Waals surface area contributed by atoms with Gasteiger partial charge in [0.1, 0.15) is 17.0 Å². The molecule has 1 aliphatic carbocycles. The third kappa shape index (κ3) is 3.76. The first-order valence-electron chi connectivity index (χ1n) is 11.7. The predicted octanol–water partition coefficient (Wildman–Crippen LogP) is 5.75. The number of carbonyl (C=O) groups excluding carboxylic acids is 1. The Balaban J connectivity index is 1.28. The van der Waals surface area contributed by atoms with Gasteiger partial charge in [0.2, 0.25) is 0 Å². The monoisotopic (exact) mass is 476 g/mol. The first kappa shape index (κ1) is 21.3. The van der Waals surface area contributed by atoms with Crippen LogP contribution < -0.4 is 5.32 Å². The molecule has 34 heavy (non-hydrogen) atoms. The first-order valence-corrected chi connectivity index (χ1v) is 12.5. The number of carbonyl (C=O) groups is 1. The summed E-state index contributed by atoms with van der Waals surface area (Å²) in [6.07, 6.45) is 3.47. The van der Waals surface area contributed by atoms with Crippen molar-refractivity contribution in [2.24, 2.45) is 11.8 Å². The van der Waals surface area contributed by atoms with Gasteiger partial charge in [-0.05, 0) is 61.4 Å². The number of nitrogens with one attached hydrogen (secondary N) is 1. The van der Waals surface area contributed by atoms with Crippen LogP contribution in [0.15, 0.2) is 52.9 Å². The quantitative estimate of drug-likeness (QED) is 0.397. The zero-order valence-electron chi connectivity index (χ0n) is 18.8. The molecule has 0 bridgehead atoms. The minimum atomic E-state index is -0.296. The highest BCUT2D eigenvalue weighted by Gasteiger charge is 2.46. The van der Waals surface area contributed by atoms with Crippen molar-refractivity contribution in [3.05, 3.63) is 65.0 Å². The molecule has 6 rings (SSSR count). The number of oxazole rings is 1. The van der Waals surface area contributed by atoms with Gasteiger partial charge in [-0.15, -0.1) is 11.3 Å². The Kier molecular flexibility index (Phi) is 5.32. The molecule has 8 heteroatoms. The number of thiazole rings is 1. The molecular formula is C26H25FN4O2S. The number of para-hydroxylation sites is 2. The van der Waals surface area contributed by atoms with Crippen LogP contribution >= 0.6 is 11.3 Å². The Morgan fingerprint density at radius 3 is 2.82 bits per heavy atom. The number of aromatic nitrogens is 2. The second-order valence-corrected chi connectivity index (χ2v) is 10.4. The fourth-order valence-electron chi connectivity index (χ4n) is 5.56. The number of nitrogens with zero attached hydrogens (tertiary/aromatic N) is 3. The average Bonchev–Trinajstić information content (AvgIpc) is 3.60. The van der Waals surface area contributed by atoms with E-state index in [0.29, 0.717) is 30.1 Å². The summed E-state index contributed by atoms with van der Waals surface area (Å²) in [6.45, 7) is 3.22. The van der Waals surface area contributed by atoms with E-state index < -0.39 is 0 Å². The summed E-state index contributed by atoms with van der Waals surface area (Å²) < 4.78 is 19.3. The predicted molar refractivity (Wildman–Crippen MR) is 130 cm³/mol. The van der Waals surface area contributed by atoms with Crippen LogP contribution in [0.1, 0.15) is 34.8 Å². The van der Waals surface area contributed by atoms with Crippen LogP contribution in [-0.2, 0) is 0 Å². The second kappa shape index (κ2) is 8.51. The van der Waals surface area contributed by atoms with E-state index in [1.165, 1.54) is 29.9 Å². The molecule has 3 atom stereocenters. The minimum Gasteiger partial charge on any atom is -0.424 e. The highest BCUT2D eigenvalue weighted by Crippen LogP contribution is 2.43. The van der Waals surface area contributed by atoms with Gasteiger partial charge in [-0.2, -0.15) is 4.98 Å². The van der Waals surface area contributed by atoms with E-state index >= 15 is 0 Å². The lowest BCUT2D eigenvalue weighted by Gasteiger charge is -2.27. The molecule has 2 aromatic carbocycles. The normalized spacial score (nSPS) is 21.8. The van der Waals surface area contributed by atoms with Crippen LogP contribution in [-0.4, -0.2) is 39.9 Å². The number of benzene rings is 2. The average molecular weight is 477 g/mol. The molecule has 0 spiro atoms. The molecule has 2 unspecified atom stereocenters.